The van der Waals surface area contributed by atoms with Crippen molar-refractivity contribution in [2.24, 2.45) is 5.73 Å². The number of methoxy groups -OCH3 is 1. The summed E-state index contributed by atoms with van der Waals surface area (Å²) in [6, 6.07) is 9.68. The van der Waals surface area contributed by atoms with Crippen LogP contribution in [0.25, 0.3) is 0 Å². The maximum atomic E-state index is 14.0. The number of nitrogens with two attached hydrogens (primary N) is 1. The zero-order valence-corrected chi connectivity index (χ0v) is 15.8. The molecule has 0 saturated carbocycles. The molecular formula is C18H16F4N2OS2. The number of benzene rings is 2. The minimum Gasteiger partial charge on any atom is -0.495 e. The van der Waals surface area contributed by atoms with Crippen LogP contribution < -0.4 is 15.4 Å². The molecule has 2 aromatic carbocycles. The van der Waals surface area contributed by atoms with Crippen molar-refractivity contribution < 1.29 is 22.3 Å². The van der Waals surface area contributed by atoms with E-state index in [0.29, 0.717) is 23.4 Å². The van der Waals surface area contributed by atoms with E-state index in [9.17, 15) is 17.6 Å². The highest BCUT2D eigenvalue weighted by Gasteiger charge is 2.31. The van der Waals surface area contributed by atoms with Crippen molar-refractivity contribution in [3.8, 4) is 5.75 Å². The van der Waals surface area contributed by atoms with Crippen LogP contribution in [0.4, 0.5) is 23.2 Å². The molecule has 0 aliphatic carbocycles. The second-order valence-electron chi connectivity index (χ2n) is 5.59. The molecule has 2 aromatic rings. The highest BCUT2D eigenvalue weighted by atomic mass is 32.2. The quantitative estimate of drug-likeness (QED) is 0.542. The first-order valence-corrected chi connectivity index (χ1v) is 9.69. The smallest absolute Gasteiger partial charge is 0.416 e. The molecular weight excluding hydrogens is 400 g/mol. The summed E-state index contributed by atoms with van der Waals surface area (Å²) in [5, 5.41) is 0.906. The average Bonchev–Trinajstić information content (AvgIpc) is 3.12. The third-order valence-corrected chi connectivity index (χ3v) is 6.04. The largest absolute Gasteiger partial charge is 0.495 e. The van der Waals surface area contributed by atoms with E-state index in [0.717, 1.165) is 35.3 Å². The van der Waals surface area contributed by atoms with Crippen LogP contribution in [0.2, 0.25) is 0 Å². The van der Waals surface area contributed by atoms with Crippen LogP contribution in [-0.2, 0) is 6.18 Å². The fourth-order valence-corrected chi connectivity index (χ4v) is 4.66. The Labute approximate surface area is 162 Å². The monoisotopic (exact) mass is 416 g/mol. The predicted octanol–water partition coefficient (Wildman–Crippen LogP) is 5.28. The van der Waals surface area contributed by atoms with Crippen LogP contribution >= 0.6 is 23.5 Å². The van der Waals surface area contributed by atoms with Crippen LogP contribution in [0, 0.1) is 5.82 Å². The standard InChI is InChI=1S/C18H16F4N2OS2/c1-25-14-5-3-2-4-13(14)24-8-9-26-17(24)16(23)27-15-10-11(18(20,21)22)6-7-12(15)19/h2-7,10H,8-9,23H2,1H3/b17-16-. The second kappa shape index (κ2) is 7.93. The van der Waals surface area contributed by atoms with Gasteiger partial charge in [-0.25, -0.2) is 4.39 Å². The van der Waals surface area contributed by atoms with Crippen LogP contribution in [0.5, 0.6) is 5.75 Å². The Morgan fingerprint density at radius 1 is 1.22 bits per heavy atom. The molecule has 144 valence electrons. The SMILES string of the molecule is COc1ccccc1N1CCS/C1=C(/N)Sc1cc(C(F)(F)F)ccc1F. The maximum Gasteiger partial charge on any atom is 0.416 e. The maximum absolute atomic E-state index is 14.0. The molecule has 2 N–H and O–H groups in total. The van der Waals surface area contributed by atoms with E-state index in [1.165, 1.54) is 11.8 Å². The van der Waals surface area contributed by atoms with Crippen molar-refractivity contribution in [3.63, 3.8) is 0 Å². The van der Waals surface area contributed by atoms with Crippen molar-refractivity contribution in [2.45, 2.75) is 11.1 Å². The molecule has 1 aliphatic heterocycles. The van der Waals surface area contributed by atoms with E-state index < -0.39 is 17.6 Å². The summed E-state index contributed by atoms with van der Waals surface area (Å²) in [7, 11) is 1.56. The van der Waals surface area contributed by atoms with Gasteiger partial charge in [0.15, 0.2) is 0 Å². The molecule has 3 nitrogen and oxygen atoms in total. The van der Waals surface area contributed by atoms with Crippen molar-refractivity contribution in [1.29, 1.82) is 0 Å². The second-order valence-corrected chi connectivity index (χ2v) is 7.75. The van der Waals surface area contributed by atoms with Crippen molar-refractivity contribution in [2.75, 3.05) is 24.3 Å². The number of para-hydroxylation sites is 2. The number of thioether (sulfide) groups is 2. The summed E-state index contributed by atoms with van der Waals surface area (Å²) < 4.78 is 58.1. The molecule has 1 aliphatic rings. The Morgan fingerprint density at radius 2 is 1.96 bits per heavy atom. The predicted molar refractivity (Wildman–Crippen MR) is 101 cm³/mol. The van der Waals surface area contributed by atoms with Gasteiger partial charge < -0.3 is 15.4 Å². The third kappa shape index (κ3) is 4.30. The van der Waals surface area contributed by atoms with Crippen molar-refractivity contribution in [3.05, 3.63) is 63.9 Å². The Balaban J connectivity index is 1.94. The van der Waals surface area contributed by atoms with Gasteiger partial charge in [-0.2, -0.15) is 13.2 Å². The zero-order valence-electron chi connectivity index (χ0n) is 14.2. The molecule has 1 fully saturated rings. The van der Waals surface area contributed by atoms with Crippen molar-refractivity contribution >= 4 is 29.2 Å². The molecule has 0 amide bonds. The molecule has 0 spiro atoms. The Hall–Kier alpha value is -2.00. The lowest BCUT2D eigenvalue weighted by atomic mass is 10.2. The number of rotatable bonds is 4. The fourth-order valence-electron chi connectivity index (χ4n) is 2.62. The molecule has 0 radical (unpaired) electrons. The van der Waals surface area contributed by atoms with E-state index in [1.807, 2.05) is 29.2 Å². The summed E-state index contributed by atoms with van der Waals surface area (Å²) in [5.41, 5.74) is 6.04. The van der Waals surface area contributed by atoms with E-state index in [2.05, 4.69) is 0 Å². The Kier molecular flexibility index (Phi) is 5.81. The lowest BCUT2D eigenvalue weighted by Crippen LogP contribution is -2.20. The molecule has 0 bridgehead atoms. The van der Waals surface area contributed by atoms with Gasteiger partial charge in [0.25, 0.3) is 0 Å². The van der Waals surface area contributed by atoms with Crippen LogP contribution in [-0.4, -0.2) is 19.4 Å². The van der Waals surface area contributed by atoms with Crippen LogP contribution in [0.15, 0.2) is 57.4 Å². The molecule has 27 heavy (non-hydrogen) atoms. The van der Waals surface area contributed by atoms with Gasteiger partial charge in [-0.15, -0.1) is 11.8 Å². The van der Waals surface area contributed by atoms with Gasteiger partial charge in [0.2, 0.25) is 0 Å². The van der Waals surface area contributed by atoms with Gasteiger partial charge in [0.1, 0.15) is 21.6 Å². The molecule has 9 heteroatoms. The van der Waals surface area contributed by atoms with Gasteiger partial charge in [0.05, 0.1) is 23.3 Å². The summed E-state index contributed by atoms with van der Waals surface area (Å²) in [6.45, 7) is 0.659. The third-order valence-electron chi connectivity index (χ3n) is 3.86. The summed E-state index contributed by atoms with van der Waals surface area (Å²) in [5.74, 6) is 0.656. The molecule has 0 atom stereocenters. The first-order valence-electron chi connectivity index (χ1n) is 7.89. The molecule has 1 heterocycles. The van der Waals surface area contributed by atoms with Gasteiger partial charge in [-0.05, 0) is 30.3 Å². The molecule has 0 aromatic heterocycles. The minimum absolute atomic E-state index is 0.165. The number of hydrogen-bond acceptors (Lipinski definition) is 5. The summed E-state index contributed by atoms with van der Waals surface area (Å²) >= 11 is 2.26. The Morgan fingerprint density at radius 3 is 2.67 bits per heavy atom. The van der Waals surface area contributed by atoms with Crippen molar-refractivity contribution in [1.82, 2.24) is 0 Å². The van der Waals surface area contributed by atoms with E-state index in [1.54, 1.807) is 7.11 Å². The lowest BCUT2D eigenvalue weighted by molar-refractivity contribution is -0.137. The van der Waals surface area contributed by atoms with Gasteiger partial charge >= 0.3 is 6.18 Å². The first-order chi connectivity index (χ1) is 12.8. The lowest BCUT2D eigenvalue weighted by Gasteiger charge is -2.23. The molecule has 3 rings (SSSR count). The highest BCUT2D eigenvalue weighted by Crippen LogP contribution is 2.42. The summed E-state index contributed by atoms with van der Waals surface area (Å²) in [4.78, 5) is 1.76. The first kappa shape index (κ1) is 19.8. The number of ether oxygens (including phenoxy) is 1. The Bertz CT molecular complexity index is 871. The molecule has 0 unspecified atom stereocenters. The van der Waals surface area contributed by atoms with Gasteiger partial charge in [0, 0.05) is 12.3 Å². The average molecular weight is 416 g/mol. The molecule has 1 saturated heterocycles. The number of halogens is 4. The highest BCUT2D eigenvalue weighted by molar-refractivity contribution is 8.07. The summed E-state index contributed by atoms with van der Waals surface area (Å²) in [6.07, 6.45) is -4.55. The zero-order chi connectivity index (χ0) is 19.6. The normalized spacial score (nSPS) is 16.6. The van der Waals surface area contributed by atoms with Gasteiger partial charge in [-0.3, -0.25) is 0 Å². The topological polar surface area (TPSA) is 38.5 Å². The van der Waals surface area contributed by atoms with E-state index in [4.69, 9.17) is 10.5 Å². The number of nitrogens with zero attached hydrogens (tertiary/aromatic N) is 1. The fraction of sp³-hybridized carbons (Fsp3) is 0.222. The van der Waals surface area contributed by atoms with Crippen LogP contribution in [0.1, 0.15) is 5.56 Å². The van der Waals surface area contributed by atoms with E-state index >= 15 is 0 Å². The number of hydrogen-bond donors (Lipinski definition) is 1. The van der Waals surface area contributed by atoms with Gasteiger partial charge in [-0.1, -0.05) is 23.9 Å². The minimum atomic E-state index is -4.55. The van der Waals surface area contributed by atoms with E-state index in [-0.39, 0.29) is 9.92 Å². The van der Waals surface area contributed by atoms with Crippen LogP contribution in [0.3, 0.4) is 0 Å². The number of alkyl halides is 3. The number of anilines is 1.